The molecular weight excluding hydrogens is 421 g/mol. The van der Waals surface area contributed by atoms with Gasteiger partial charge in [0.2, 0.25) is 0 Å². The third-order valence-corrected chi connectivity index (χ3v) is 5.34. The number of likely N-dealkylation sites (tertiary alicyclic amines) is 1. The van der Waals surface area contributed by atoms with Crippen LogP contribution in [0.15, 0.2) is 42.7 Å². The van der Waals surface area contributed by atoms with Gasteiger partial charge in [-0.2, -0.15) is 13.2 Å². The first-order chi connectivity index (χ1) is 15.0. The molecule has 1 amide bonds. The number of benzene rings is 1. The maximum absolute atomic E-state index is 12.7. The number of alkyl halides is 3. The molecule has 1 aromatic carbocycles. The Hall–Kier alpha value is -3.23. The Balaban J connectivity index is 1.46. The van der Waals surface area contributed by atoms with Gasteiger partial charge >= 0.3 is 12.3 Å². The summed E-state index contributed by atoms with van der Waals surface area (Å²) < 4.78 is 43.5. The zero-order chi connectivity index (χ0) is 23.1. The molecule has 0 saturated carbocycles. The van der Waals surface area contributed by atoms with E-state index in [0.717, 1.165) is 40.8 Å². The summed E-state index contributed by atoms with van der Waals surface area (Å²) in [6.45, 7) is 6.80. The standard InChI is InChI=1S/C23H25F3N4O2/c1-22(2,3)32-21(31)30-9-8-14(13-30)18-12-27-19-10-15(4-6-17(18)19)29-16-5-7-20(28-11-16)23(24,25)26/h4-7,10-12,14,27,29H,8-9,13H2,1-3H3. The number of H-pyrrole nitrogens is 1. The summed E-state index contributed by atoms with van der Waals surface area (Å²) in [6, 6.07) is 8.04. The molecule has 1 aliphatic heterocycles. The number of ether oxygens (including phenoxy) is 1. The Morgan fingerprint density at radius 1 is 1.19 bits per heavy atom. The SMILES string of the molecule is CC(C)(C)OC(=O)N1CCC(c2c[nH]c3cc(Nc4ccc(C(F)(F)F)nc4)ccc23)C1. The number of nitrogens with zero attached hydrogens (tertiary/aromatic N) is 2. The molecular formula is C23H25F3N4O2. The minimum atomic E-state index is -4.46. The molecule has 1 atom stereocenters. The van der Waals surface area contributed by atoms with Gasteiger partial charge in [-0.1, -0.05) is 6.07 Å². The normalized spacial score (nSPS) is 17.1. The van der Waals surface area contributed by atoms with Crippen LogP contribution in [0.4, 0.5) is 29.3 Å². The van der Waals surface area contributed by atoms with Crippen LogP contribution in [0.25, 0.3) is 10.9 Å². The largest absolute Gasteiger partial charge is 0.444 e. The van der Waals surface area contributed by atoms with E-state index < -0.39 is 17.5 Å². The van der Waals surface area contributed by atoms with Crippen molar-refractivity contribution in [2.24, 2.45) is 0 Å². The van der Waals surface area contributed by atoms with Crippen LogP contribution in [-0.4, -0.2) is 39.7 Å². The van der Waals surface area contributed by atoms with Gasteiger partial charge in [0.25, 0.3) is 0 Å². The maximum atomic E-state index is 12.7. The lowest BCUT2D eigenvalue weighted by molar-refractivity contribution is -0.141. The second-order valence-electron chi connectivity index (χ2n) is 8.97. The van der Waals surface area contributed by atoms with Crippen molar-refractivity contribution < 1.29 is 22.7 Å². The molecule has 2 N–H and O–H groups in total. The van der Waals surface area contributed by atoms with Crippen molar-refractivity contribution in [3.8, 4) is 0 Å². The summed E-state index contributed by atoms with van der Waals surface area (Å²) >= 11 is 0. The molecule has 32 heavy (non-hydrogen) atoms. The molecule has 1 saturated heterocycles. The van der Waals surface area contributed by atoms with E-state index in [1.165, 1.54) is 6.07 Å². The number of anilines is 2. The first-order valence-corrected chi connectivity index (χ1v) is 10.4. The topological polar surface area (TPSA) is 70.2 Å². The van der Waals surface area contributed by atoms with Crippen molar-refractivity contribution in [2.75, 3.05) is 18.4 Å². The van der Waals surface area contributed by atoms with Crippen LogP contribution in [0, 0.1) is 0 Å². The van der Waals surface area contributed by atoms with E-state index in [9.17, 15) is 18.0 Å². The molecule has 6 nitrogen and oxygen atoms in total. The molecule has 9 heteroatoms. The van der Waals surface area contributed by atoms with Gasteiger partial charge in [-0.25, -0.2) is 9.78 Å². The lowest BCUT2D eigenvalue weighted by Gasteiger charge is -2.24. The minimum Gasteiger partial charge on any atom is -0.444 e. The van der Waals surface area contributed by atoms with Gasteiger partial charge in [-0.05, 0) is 57.0 Å². The Bertz CT molecular complexity index is 1120. The maximum Gasteiger partial charge on any atom is 0.433 e. The van der Waals surface area contributed by atoms with Gasteiger partial charge < -0.3 is 19.9 Å². The summed E-state index contributed by atoms with van der Waals surface area (Å²) in [5.74, 6) is 0.203. The molecule has 3 aromatic rings. The van der Waals surface area contributed by atoms with Crippen LogP contribution < -0.4 is 5.32 Å². The van der Waals surface area contributed by atoms with Crippen molar-refractivity contribution in [3.63, 3.8) is 0 Å². The van der Waals surface area contributed by atoms with Gasteiger partial charge in [-0.3, -0.25) is 0 Å². The van der Waals surface area contributed by atoms with Crippen LogP contribution in [0.3, 0.4) is 0 Å². The Morgan fingerprint density at radius 2 is 1.94 bits per heavy atom. The molecule has 3 heterocycles. The van der Waals surface area contributed by atoms with Gasteiger partial charge in [-0.15, -0.1) is 0 Å². The first kappa shape index (κ1) is 22.0. The van der Waals surface area contributed by atoms with Crippen molar-refractivity contribution in [1.82, 2.24) is 14.9 Å². The molecule has 2 aromatic heterocycles. The molecule has 1 fully saturated rings. The van der Waals surface area contributed by atoms with Crippen LogP contribution in [0.2, 0.25) is 0 Å². The number of hydrogen-bond donors (Lipinski definition) is 2. The van der Waals surface area contributed by atoms with Crippen molar-refractivity contribution in [3.05, 3.63) is 54.0 Å². The monoisotopic (exact) mass is 446 g/mol. The average Bonchev–Trinajstić information content (AvgIpc) is 3.33. The predicted octanol–water partition coefficient (Wildman–Crippen LogP) is 6.05. The smallest absolute Gasteiger partial charge is 0.433 e. The van der Waals surface area contributed by atoms with Gasteiger partial charge in [0.15, 0.2) is 0 Å². The van der Waals surface area contributed by atoms with Crippen molar-refractivity contribution >= 4 is 28.4 Å². The Labute approximate surface area is 183 Å². The fraction of sp³-hybridized carbons (Fsp3) is 0.391. The van der Waals surface area contributed by atoms with Crippen LogP contribution >= 0.6 is 0 Å². The number of fused-ring (bicyclic) bond motifs is 1. The number of nitrogens with one attached hydrogen (secondary N) is 2. The Kier molecular flexibility index (Phi) is 5.52. The lowest BCUT2D eigenvalue weighted by atomic mass is 9.98. The number of aromatic amines is 1. The number of carbonyl (C=O) groups is 1. The highest BCUT2D eigenvalue weighted by Crippen LogP contribution is 2.34. The van der Waals surface area contributed by atoms with Crippen molar-refractivity contribution in [1.29, 1.82) is 0 Å². The van der Waals surface area contributed by atoms with E-state index in [4.69, 9.17) is 4.74 Å². The second-order valence-corrected chi connectivity index (χ2v) is 8.97. The molecule has 0 bridgehead atoms. The van der Waals surface area contributed by atoms with E-state index in [2.05, 4.69) is 15.3 Å². The van der Waals surface area contributed by atoms with Gasteiger partial charge in [0.1, 0.15) is 11.3 Å². The summed E-state index contributed by atoms with van der Waals surface area (Å²) in [5.41, 5.74) is 1.78. The highest BCUT2D eigenvalue weighted by molar-refractivity contribution is 5.87. The van der Waals surface area contributed by atoms with E-state index >= 15 is 0 Å². The number of hydrogen-bond acceptors (Lipinski definition) is 4. The van der Waals surface area contributed by atoms with Crippen LogP contribution in [-0.2, 0) is 10.9 Å². The fourth-order valence-corrected chi connectivity index (χ4v) is 3.87. The molecule has 170 valence electrons. The number of carbonyl (C=O) groups excluding carboxylic acids is 1. The summed E-state index contributed by atoms with van der Waals surface area (Å²) in [5, 5.41) is 4.13. The van der Waals surface area contributed by atoms with E-state index in [-0.39, 0.29) is 12.0 Å². The first-order valence-electron chi connectivity index (χ1n) is 10.4. The van der Waals surface area contributed by atoms with E-state index in [0.29, 0.717) is 18.8 Å². The molecule has 0 radical (unpaired) electrons. The second kappa shape index (κ2) is 8.03. The molecule has 1 aliphatic rings. The lowest BCUT2D eigenvalue weighted by Crippen LogP contribution is -2.35. The Morgan fingerprint density at radius 3 is 2.59 bits per heavy atom. The number of rotatable bonds is 3. The number of pyridine rings is 1. The molecule has 1 unspecified atom stereocenters. The van der Waals surface area contributed by atoms with Crippen molar-refractivity contribution in [2.45, 2.75) is 44.9 Å². The summed E-state index contributed by atoms with van der Waals surface area (Å²) in [4.78, 5) is 20.8. The quantitative estimate of drug-likeness (QED) is 0.514. The van der Waals surface area contributed by atoms with Crippen LogP contribution in [0.1, 0.15) is 44.4 Å². The zero-order valence-corrected chi connectivity index (χ0v) is 18.1. The van der Waals surface area contributed by atoms with Gasteiger partial charge in [0, 0.05) is 41.8 Å². The number of amides is 1. The van der Waals surface area contributed by atoms with Crippen LogP contribution in [0.5, 0.6) is 0 Å². The molecule has 0 aliphatic carbocycles. The highest BCUT2D eigenvalue weighted by Gasteiger charge is 2.32. The number of halogens is 3. The van der Waals surface area contributed by atoms with E-state index in [1.807, 2.05) is 45.2 Å². The summed E-state index contributed by atoms with van der Waals surface area (Å²) in [6.07, 6.45) is -0.786. The molecule has 0 spiro atoms. The summed E-state index contributed by atoms with van der Waals surface area (Å²) in [7, 11) is 0. The van der Waals surface area contributed by atoms with Gasteiger partial charge in [0.05, 0.1) is 11.9 Å². The minimum absolute atomic E-state index is 0.203. The highest BCUT2D eigenvalue weighted by atomic mass is 19.4. The molecule has 4 rings (SSSR count). The fourth-order valence-electron chi connectivity index (χ4n) is 3.87. The van der Waals surface area contributed by atoms with E-state index in [1.54, 1.807) is 4.90 Å². The third-order valence-electron chi connectivity index (χ3n) is 5.34. The number of aromatic nitrogens is 2. The average molecular weight is 446 g/mol. The third kappa shape index (κ3) is 4.81. The zero-order valence-electron chi connectivity index (χ0n) is 18.1. The predicted molar refractivity (Wildman–Crippen MR) is 116 cm³/mol.